The number of carbonyl (C=O) groups is 1. The van der Waals surface area contributed by atoms with Crippen LogP contribution in [0.25, 0.3) is 0 Å². The third-order valence-electron chi connectivity index (χ3n) is 0.510. The normalized spacial score (nSPS) is 24.9. The highest BCUT2D eigenvalue weighted by Gasteiger charge is 2.22. The van der Waals surface area contributed by atoms with E-state index in [2.05, 4.69) is 9.47 Å². The summed E-state index contributed by atoms with van der Waals surface area (Å²) < 4.78 is 8.75. The third-order valence-corrected chi connectivity index (χ3v) is 0.510. The Balaban J connectivity index is 0.000000360. The molecule has 1 rings (SSSR count). The first-order valence-corrected chi connectivity index (χ1v) is 1.64. The summed E-state index contributed by atoms with van der Waals surface area (Å²) in [6, 6.07) is 0. The van der Waals surface area contributed by atoms with Crippen molar-refractivity contribution >= 4 is 6.47 Å². The Labute approximate surface area is 41.0 Å². The Hall–Kier alpha value is -0.610. The van der Waals surface area contributed by atoms with Crippen LogP contribution < -0.4 is 6.15 Å². The first kappa shape index (κ1) is 6.39. The Kier molecular flexibility index (Phi) is 2.32. The molecule has 0 spiro atoms. The van der Waals surface area contributed by atoms with Crippen LogP contribution in [0, 0.1) is 0 Å². The molecule has 1 atom stereocenters. The van der Waals surface area contributed by atoms with E-state index in [1.165, 1.54) is 0 Å². The van der Waals surface area contributed by atoms with Gasteiger partial charge in [0.15, 0.2) is 0 Å². The summed E-state index contributed by atoms with van der Waals surface area (Å²) in [7, 11) is 0. The van der Waals surface area contributed by atoms with Gasteiger partial charge in [-0.1, -0.05) is 0 Å². The molecule has 0 aromatic heterocycles. The summed E-state index contributed by atoms with van der Waals surface area (Å²) in [6.07, 6.45) is -0.220. The molecule has 1 heterocycles. The predicted molar refractivity (Wildman–Crippen MR) is 21.9 cm³/mol. The molecule has 42 valence electrons. The monoisotopic (exact) mass is 105 g/mol. The summed E-state index contributed by atoms with van der Waals surface area (Å²) in [5.41, 5.74) is 0. The van der Waals surface area contributed by atoms with Crippen LogP contribution >= 0.6 is 0 Å². The van der Waals surface area contributed by atoms with Crippen molar-refractivity contribution in [3.05, 3.63) is 0 Å². The lowest BCUT2D eigenvalue weighted by molar-refractivity contribution is -0.132. The molecule has 0 aliphatic carbocycles. The zero-order chi connectivity index (χ0) is 4.41. The van der Waals surface area contributed by atoms with Gasteiger partial charge in [0, 0.05) is 0 Å². The molecule has 1 aliphatic heterocycles. The van der Waals surface area contributed by atoms with E-state index < -0.39 is 0 Å². The van der Waals surface area contributed by atoms with Crippen molar-refractivity contribution in [2.75, 3.05) is 6.61 Å². The van der Waals surface area contributed by atoms with Crippen LogP contribution in [0.5, 0.6) is 0 Å². The molecule has 0 aromatic carbocycles. The van der Waals surface area contributed by atoms with Gasteiger partial charge in [0.25, 0.3) is 6.47 Å². The highest BCUT2D eigenvalue weighted by atomic mass is 16.8. The summed E-state index contributed by atoms with van der Waals surface area (Å²) in [5.74, 6) is 0. The maximum absolute atomic E-state index is 9.35. The molecule has 1 unspecified atom stereocenters. The van der Waals surface area contributed by atoms with E-state index in [1.54, 1.807) is 0 Å². The molecular weight excluding hydrogens is 98.0 g/mol. The average molecular weight is 105 g/mol. The quantitative estimate of drug-likeness (QED) is 0.385. The highest BCUT2D eigenvalue weighted by Crippen LogP contribution is 2.07. The number of hydrogen-bond acceptors (Lipinski definition) is 4. The van der Waals surface area contributed by atoms with Gasteiger partial charge in [-0.15, -0.1) is 0 Å². The van der Waals surface area contributed by atoms with Crippen LogP contribution in [0.3, 0.4) is 0 Å². The molecule has 1 fully saturated rings. The van der Waals surface area contributed by atoms with E-state index in [9.17, 15) is 4.79 Å². The average Bonchev–Trinajstić information content (AvgIpc) is 2.21. The van der Waals surface area contributed by atoms with Crippen molar-refractivity contribution in [3.8, 4) is 0 Å². The maximum atomic E-state index is 9.35. The molecule has 0 aromatic rings. The molecule has 1 aliphatic rings. The summed E-state index contributed by atoms with van der Waals surface area (Å²) in [4.78, 5) is 9.35. The number of carbonyl (C=O) groups excluding carboxylic acids is 1. The van der Waals surface area contributed by atoms with Gasteiger partial charge >= 0.3 is 0 Å². The fourth-order valence-electron chi connectivity index (χ4n) is 0.180. The van der Waals surface area contributed by atoms with Crippen LogP contribution in [0.2, 0.25) is 0 Å². The Morgan fingerprint density at radius 2 is 2.43 bits per heavy atom. The molecule has 1 saturated heterocycles. The van der Waals surface area contributed by atoms with Crippen molar-refractivity contribution < 1.29 is 14.3 Å². The second kappa shape index (κ2) is 2.54. The molecule has 0 bridgehead atoms. The number of epoxide rings is 1. The Morgan fingerprint density at radius 1 is 1.86 bits per heavy atom. The van der Waals surface area contributed by atoms with Gasteiger partial charge in [-0.05, 0) is 0 Å². The molecule has 4 heteroatoms. The lowest BCUT2D eigenvalue weighted by Crippen LogP contribution is -1.88. The Bertz CT molecular complexity index is 61.2. The van der Waals surface area contributed by atoms with E-state index in [-0.39, 0.29) is 12.4 Å². The zero-order valence-corrected chi connectivity index (χ0v) is 3.79. The van der Waals surface area contributed by atoms with E-state index in [0.717, 1.165) is 0 Å². The van der Waals surface area contributed by atoms with Crippen LogP contribution in [0.4, 0.5) is 0 Å². The lowest BCUT2D eigenvalue weighted by Gasteiger charge is -1.80. The van der Waals surface area contributed by atoms with Gasteiger partial charge in [0.1, 0.15) is 6.61 Å². The first-order valence-electron chi connectivity index (χ1n) is 1.64. The SMILES string of the molecule is N.O=COC1CO1. The minimum Gasteiger partial charge on any atom is -0.435 e. The predicted octanol–water partition coefficient (Wildman–Crippen LogP) is -0.322. The smallest absolute Gasteiger partial charge is 0.295 e. The molecule has 4 nitrogen and oxygen atoms in total. The van der Waals surface area contributed by atoms with Crippen LogP contribution in [0.1, 0.15) is 0 Å². The van der Waals surface area contributed by atoms with Gasteiger partial charge < -0.3 is 15.6 Å². The second-order valence-corrected chi connectivity index (χ2v) is 0.995. The summed E-state index contributed by atoms with van der Waals surface area (Å²) >= 11 is 0. The number of ether oxygens (including phenoxy) is 2. The zero-order valence-electron chi connectivity index (χ0n) is 3.79. The fraction of sp³-hybridized carbons (Fsp3) is 0.667. The lowest BCUT2D eigenvalue weighted by atomic mass is 10.9. The Morgan fingerprint density at radius 3 is 2.57 bits per heavy atom. The van der Waals surface area contributed by atoms with Gasteiger partial charge in [-0.2, -0.15) is 0 Å². The van der Waals surface area contributed by atoms with Crippen LogP contribution in [0.15, 0.2) is 0 Å². The largest absolute Gasteiger partial charge is 0.435 e. The molecular formula is C3H7NO3. The minimum absolute atomic E-state index is 0. The summed E-state index contributed by atoms with van der Waals surface area (Å²) in [6.45, 7) is 0.955. The molecule has 0 saturated carbocycles. The van der Waals surface area contributed by atoms with Crippen LogP contribution in [-0.4, -0.2) is 19.4 Å². The summed E-state index contributed by atoms with van der Waals surface area (Å²) in [5, 5.41) is 0. The van der Waals surface area contributed by atoms with E-state index in [4.69, 9.17) is 0 Å². The van der Waals surface area contributed by atoms with Crippen molar-refractivity contribution in [2.24, 2.45) is 0 Å². The van der Waals surface area contributed by atoms with Crippen molar-refractivity contribution in [1.82, 2.24) is 6.15 Å². The van der Waals surface area contributed by atoms with Crippen molar-refractivity contribution in [1.29, 1.82) is 0 Å². The van der Waals surface area contributed by atoms with Crippen molar-refractivity contribution in [2.45, 2.75) is 6.29 Å². The second-order valence-electron chi connectivity index (χ2n) is 0.995. The van der Waals surface area contributed by atoms with Gasteiger partial charge in [0.05, 0.1) is 0 Å². The van der Waals surface area contributed by atoms with Gasteiger partial charge in [-0.25, -0.2) is 0 Å². The van der Waals surface area contributed by atoms with Gasteiger partial charge in [-0.3, -0.25) is 4.79 Å². The third kappa shape index (κ3) is 2.13. The molecule has 7 heavy (non-hydrogen) atoms. The van der Waals surface area contributed by atoms with Crippen molar-refractivity contribution in [3.63, 3.8) is 0 Å². The first-order chi connectivity index (χ1) is 2.93. The number of rotatable bonds is 2. The maximum Gasteiger partial charge on any atom is 0.295 e. The fourth-order valence-corrected chi connectivity index (χ4v) is 0.180. The minimum atomic E-state index is -0.220. The van der Waals surface area contributed by atoms with E-state index in [1.807, 2.05) is 0 Å². The topological polar surface area (TPSA) is 73.8 Å². The highest BCUT2D eigenvalue weighted by molar-refractivity contribution is 5.37. The van der Waals surface area contributed by atoms with Crippen LogP contribution in [-0.2, 0) is 14.3 Å². The molecule has 0 amide bonds. The molecule has 3 N–H and O–H groups in total. The van der Waals surface area contributed by atoms with Gasteiger partial charge in [0.2, 0.25) is 6.29 Å². The standard InChI is InChI=1S/C3H4O3.H3N/c4-2-6-3-1-5-3;/h2-3H,1H2;1H3. The molecule has 0 radical (unpaired) electrons. The van der Waals surface area contributed by atoms with E-state index in [0.29, 0.717) is 13.1 Å². The van der Waals surface area contributed by atoms with E-state index >= 15 is 0 Å². The number of hydrogen-bond donors (Lipinski definition) is 1.